The van der Waals surface area contributed by atoms with Crippen LogP contribution >= 0.6 is 0 Å². The van der Waals surface area contributed by atoms with Crippen LogP contribution in [0.3, 0.4) is 0 Å². The summed E-state index contributed by atoms with van der Waals surface area (Å²) in [5.74, 6) is 0.393. The summed E-state index contributed by atoms with van der Waals surface area (Å²) in [7, 11) is 0. The molecule has 0 aliphatic carbocycles. The lowest BCUT2D eigenvalue weighted by Crippen LogP contribution is -2.27. The summed E-state index contributed by atoms with van der Waals surface area (Å²) in [6.07, 6.45) is 11.9. The number of allylic oxidation sites excluding steroid dienone is 1. The van der Waals surface area contributed by atoms with Gasteiger partial charge in [-0.2, -0.15) is 0 Å². The van der Waals surface area contributed by atoms with Crippen molar-refractivity contribution >= 4 is 5.78 Å². The Morgan fingerprint density at radius 3 is 2.00 bits per heavy atom. The molecule has 1 heteroatoms. The molecule has 0 radical (unpaired) electrons. The number of hydrogen-bond acceptors (Lipinski definition) is 1. The molecule has 0 spiro atoms. The zero-order valence-electron chi connectivity index (χ0n) is 12.9. The molecule has 0 aliphatic rings. The molecule has 0 saturated carbocycles. The van der Waals surface area contributed by atoms with Gasteiger partial charge in [-0.3, -0.25) is 4.79 Å². The van der Waals surface area contributed by atoms with E-state index in [-0.39, 0.29) is 11.3 Å². The van der Waals surface area contributed by atoms with Crippen LogP contribution in [0.15, 0.2) is 12.7 Å². The Morgan fingerprint density at radius 2 is 1.56 bits per heavy atom. The van der Waals surface area contributed by atoms with E-state index < -0.39 is 0 Å². The van der Waals surface area contributed by atoms with Crippen molar-refractivity contribution in [3.63, 3.8) is 0 Å². The van der Waals surface area contributed by atoms with Crippen LogP contribution < -0.4 is 0 Å². The van der Waals surface area contributed by atoms with Crippen molar-refractivity contribution in [1.29, 1.82) is 0 Å². The monoisotopic (exact) mass is 252 g/mol. The Morgan fingerprint density at radius 1 is 1.06 bits per heavy atom. The average molecular weight is 252 g/mol. The fourth-order valence-electron chi connectivity index (χ4n) is 2.23. The van der Waals surface area contributed by atoms with Gasteiger partial charge in [0.2, 0.25) is 0 Å². The van der Waals surface area contributed by atoms with Crippen LogP contribution in [0.1, 0.15) is 79.1 Å². The van der Waals surface area contributed by atoms with E-state index >= 15 is 0 Å². The van der Waals surface area contributed by atoms with Crippen molar-refractivity contribution in [1.82, 2.24) is 0 Å². The van der Waals surface area contributed by atoms with Crippen molar-refractivity contribution in [2.24, 2.45) is 11.3 Å². The molecular weight excluding hydrogens is 220 g/mol. The maximum Gasteiger partial charge on any atom is 0.144 e. The quantitative estimate of drug-likeness (QED) is 0.368. The molecule has 0 N–H and O–H groups in total. The summed E-state index contributed by atoms with van der Waals surface area (Å²) >= 11 is 0. The Kier molecular flexibility index (Phi) is 9.05. The first-order chi connectivity index (χ1) is 8.43. The number of carbonyl (C=O) groups excluding carboxylic acids is 1. The number of unbranched alkanes of at least 4 members (excludes halogenated alkanes) is 6. The minimum absolute atomic E-state index is 0.0561. The smallest absolute Gasteiger partial charge is 0.144 e. The van der Waals surface area contributed by atoms with Crippen LogP contribution in [-0.2, 0) is 4.79 Å². The highest BCUT2D eigenvalue weighted by Crippen LogP contribution is 2.24. The topological polar surface area (TPSA) is 17.1 Å². The molecule has 0 saturated heterocycles. The molecule has 0 bridgehead atoms. The standard InChI is InChI=1S/C17H32O/c1-6-8-9-10-11-12-13-14-15(7-2)16(18)17(3,4)5/h7,15H,2,6,8-14H2,1,3-5H3. The molecule has 0 aliphatic heterocycles. The summed E-state index contributed by atoms with van der Waals surface area (Å²) in [6.45, 7) is 12.0. The fourth-order valence-corrected chi connectivity index (χ4v) is 2.23. The normalized spacial score (nSPS) is 13.3. The largest absolute Gasteiger partial charge is 0.298 e. The highest BCUT2D eigenvalue weighted by Gasteiger charge is 2.26. The molecule has 0 fully saturated rings. The molecular formula is C17H32O. The van der Waals surface area contributed by atoms with Gasteiger partial charge in [0.25, 0.3) is 0 Å². The van der Waals surface area contributed by atoms with Crippen molar-refractivity contribution in [3.05, 3.63) is 12.7 Å². The van der Waals surface area contributed by atoms with Crippen LogP contribution in [-0.4, -0.2) is 5.78 Å². The Bertz CT molecular complexity index is 234. The molecule has 0 aromatic heterocycles. The van der Waals surface area contributed by atoms with Gasteiger partial charge in [0, 0.05) is 11.3 Å². The van der Waals surface area contributed by atoms with Gasteiger partial charge in [-0.25, -0.2) is 0 Å². The van der Waals surface area contributed by atoms with Gasteiger partial charge in [0.1, 0.15) is 5.78 Å². The molecule has 1 unspecified atom stereocenters. The zero-order chi connectivity index (χ0) is 14.0. The van der Waals surface area contributed by atoms with E-state index in [1.54, 1.807) is 0 Å². The first kappa shape index (κ1) is 17.4. The lowest BCUT2D eigenvalue weighted by atomic mass is 9.81. The zero-order valence-corrected chi connectivity index (χ0v) is 12.9. The van der Waals surface area contributed by atoms with Crippen LogP contribution in [0, 0.1) is 11.3 Å². The third-order valence-electron chi connectivity index (χ3n) is 3.48. The number of hydrogen-bond donors (Lipinski definition) is 0. The molecule has 18 heavy (non-hydrogen) atoms. The minimum Gasteiger partial charge on any atom is -0.298 e. The van der Waals surface area contributed by atoms with E-state index in [0.29, 0.717) is 5.78 Å². The maximum absolute atomic E-state index is 12.1. The Balaban J connectivity index is 3.76. The van der Waals surface area contributed by atoms with E-state index in [1.165, 1.54) is 38.5 Å². The first-order valence-electron chi connectivity index (χ1n) is 7.60. The molecule has 0 amide bonds. The van der Waals surface area contributed by atoms with Gasteiger partial charge in [-0.15, -0.1) is 6.58 Å². The average Bonchev–Trinajstić information content (AvgIpc) is 2.31. The number of carbonyl (C=O) groups is 1. The van der Waals surface area contributed by atoms with Gasteiger partial charge >= 0.3 is 0 Å². The van der Waals surface area contributed by atoms with Gasteiger partial charge in [-0.05, 0) is 6.42 Å². The lowest BCUT2D eigenvalue weighted by Gasteiger charge is -2.22. The summed E-state index contributed by atoms with van der Waals surface area (Å²) in [5.41, 5.74) is -0.236. The van der Waals surface area contributed by atoms with Crippen molar-refractivity contribution in [2.75, 3.05) is 0 Å². The molecule has 0 heterocycles. The Hall–Kier alpha value is -0.590. The van der Waals surface area contributed by atoms with E-state index in [4.69, 9.17) is 0 Å². The van der Waals surface area contributed by atoms with Crippen molar-refractivity contribution in [3.8, 4) is 0 Å². The number of Topliss-reactive ketones (excluding diaryl/α,β-unsaturated/α-hetero) is 1. The second-order valence-electron chi connectivity index (χ2n) is 6.37. The highest BCUT2D eigenvalue weighted by molar-refractivity contribution is 5.87. The second kappa shape index (κ2) is 9.35. The predicted molar refractivity (Wildman–Crippen MR) is 80.8 cm³/mol. The Labute approximate surface area is 114 Å². The van der Waals surface area contributed by atoms with Crippen molar-refractivity contribution < 1.29 is 4.79 Å². The van der Waals surface area contributed by atoms with Gasteiger partial charge < -0.3 is 0 Å². The molecule has 0 aromatic carbocycles. The van der Waals surface area contributed by atoms with Gasteiger partial charge in [0.15, 0.2) is 0 Å². The summed E-state index contributed by atoms with van der Waals surface area (Å²) in [6, 6.07) is 0. The second-order valence-corrected chi connectivity index (χ2v) is 6.37. The number of rotatable bonds is 10. The van der Waals surface area contributed by atoms with Gasteiger partial charge in [0.05, 0.1) is 0 Å². The van der Waals surface area contributed by atoms with Gasteiger partial charge in [-0.1, -0.05) is 78.7 Å². The van der Waals surface area contributed by atoms with E-state index in [0.717, 1.165) is 12.8 Å². The van der Waals surface area contributed by atoms with Crippen LogP contribution in [0.2, 0.25) is 0 Å². The van der Waals surface area contributed by atoms with E-state index in [1.807, 2.05) is 26.8 Å². The van der Waals surface area contributed by atoms with E-state index in [2.05, 4.69) is 13.5 Å². The summed E-state index contributed by atoms with van der Waals surface area (Å²) in [4.78, 5) is 12.1. The lowest BCUT2D eigenvalue weighted by molar-refractivity contribution is -0.129. The molecule has 106 valence electrons. The number of ketones is 1. The van der Waals surface area contributed by atoms with Crippen LogP contribution in [0.25, 0.3) is 0 Å². The third kappa shape index (κ3) is 7.68. The summed E-state index contributed by atoms with van der Waals surface area (Å²) in [5, 5.41) is 0. The maximum atomic E-state index is 12.1. The highest BCUT2D eigenvalue weighted by atomic mass is 16.1. The molecule has 1 nitrogen and oxygen atoms in total. The minimum atomic E-state index is -0.236. The first-order valence-corrected chi connectivity index (χ1v) is 7.60. The van der Waals surface area contributed by atoms with Crippen LogP contribution in [0.5, 0.6) is 0 Å². The SMILES string of the molecule is C=CC(CCCCCCCCC)C(=O)C(C)(C)C. The predicted octanol–water partition coefficient (Wildman–Crippen LogP) is 5.54. The van der Waals surface area contributed by atoms with E-state index in [9.17, 15) is 4.79 Å². The summed E-state index contributed by atoms with van der Waals surface area (Å²) < 4.78 is 0. The van der Waals surface area contributed by atoms with Crippen LogP contribution in [0.4, 0.5) is 0 Å². The molecule has 0 aromatic rings. The molecule has 0 rings (SSSR count). The fraction of sp³-hybridized carbons (Fsp3) is 0.824. The van der Waals surface area contributed by atoms with Crippen molar-refractivity contribution in [2.45, 2.75) is 79.1 Å². The third-order valence-corrected chi connectivity index (χ3v) is 3.48. The molecule has 1 atom stereocenters.